The summed E-state index contributed by atoms with van der Waals surface area (Å²) in [7, 11) is 0. The molecule has 2 rings (SSSR count). The number of hydrogen-bond acceptors (Lipinski definition) is 2. The van der Waals surface area contributed by atoms with Crippen LogP contribution < -0.4 is 0 Å². The molecule has 3 nitrogen and oxygen atoms in total. The molecule has 1 heterocycles. The molecule has 0 amide bonds. The highest BCUT2D eigenvalue weighted by Crippen LogP contribution is 2.32. The van der Waals surface area contributed by atoms with Crippen molar-refractivity contribution >= 4 is 23.0 Å². The van der Waals surface area contributed by atoms with Crippen molar-refractivity contribution in [2.24, 2.45) is 0 Å². The average Bonchev–Trinajstić information content (AvgIpc) is 2.79. The quantitative estimate of drug-likeness (QED) is 0.811. The maximum atomic E-state index is 10.8. The van der Waals surface area contributed by atoms with Gasteiger partial charge in [0.25, 0.3) is 0 Å². The van der Waals surface area contributed by atoms with Crippen molar-refractivity contribution in [3.63, 3.8) is 0 Å². The molecule has 4 heteroatoms. The number of aryl methyl sites for hydroxylation is 1. The molecular formula is C13H9NO2S. The van der Waals surface area contributed by atoms with Crippen molar-refractivity contribution < 1.29 is 9.90 Å². The van der Waals surface area contributed by atoms with E-state index in [0.29, 0.717) is 10.6 Å². The van der Waals surface area contributed by atoms with Gasteiger partial charge in [0.2, 0.25) is 0 Å². The zero-order chi connectivity index (χ0) is 12.4. The first-order chi connectivity index (χ1) is 8.11. The minimum Gasteiger partial charge on any atom is -0.477 e. The fraction of sp³-hybridized carbons (Fsp3) is 0.0769. The van der Waals surface area contributed by atoms with Crippen LogP contribution in [-0.2, 0) is 0 Å². The van der Waals surface area contributed by atoms with Crippen LogP contribution in [0.2, 0.25) is 0 Å². The van der Waals surface area contributed by atoms with E-state index < -0.39 is 5.97 Å². The van der Waals surface area contributed by atoms with Crippen LogP contribution in [0.3, 0.4) is 0 Å². The number of aromatic carboxylic acids is 1. The number of carboxylic acids is 1. The summed E-state index contributed by atoms with van der Waals surface area (Å²) >= 11 is 1.22. The number of carbonyl (C=O) groups is 1. The molecule has 0 radical (unpaired) electrons. The monoisotopic (exact) mass is 243 g/mol. The van der Waals surface area contributed by atoms with Crippen LogP contribution in [0.4, 0.5) is 5.69 Å². The highest BCUT2D eigenvalue weighted by atomic mass is 32.1. The largest absolute Gasteiger partial charge is 0.477 e. The van der Waals surface area contributed by atoms with Crippen molar-refractivity contribution in [3.8, 4) is 10.4 Å². The first kappa shape index (κ1) is 11.4. The molecule has 1 aromatic carbocycles. The minimum atomic E-state index is -0.918. The first-order valence-corrected chi connectivity index (χ1v) is 5.75. The van der Waals surface area contributed by atoms with Crippen LogP contribution in [-0.4, -0.2) is 11.1 Å². The van der Waals surface area contributed by atoms with E-state index in [1.807, 2.05) is 19.1 Å². The van der Waals surface area contributed by atoms with Gasteiger partial charge in [0, 0.05) is 4.88 Å². The van der Waals surface area contributed by atoms with Crippen molar-refractivity contribution in [1.29, 1.82) is 0 Å². The van der Waals surface area contributed by atoms with E-state index in [4.69, 9.17) is 11.7 Å². The molecule has 1 N–H and O–H groups in total. The Morgan fingerprint density at radius 2 is 2.12 bits per heavy atom. The topological polar surface area (TPSA) is 41.7 Å². The molecule has 0 aliphatic rings. The average molecular weight is 243 g/mol. The molecule has 0 aliphatic heterocycles. The number of nitrogens with zero attached hydrogens (tertiary/aromatic N) is 1. The minimum absolute atomic E-state index is 0.310. The van der Waals surface area contributed by atoms with Crippen LogP contribution >= 0.6 is 11.3 Å². The molecule has 2 aromatic rings. The molecule has 0 saturated heterocycles. The Kier molecular flexibility index (Phi) is 2.94. The van der Waals surface area contributed by atoms with Crippen molar-refractivity contribution in [1.82, 2.24) is 0 Å². The lowest BCUT2D eigenvalue weighted by Gasteiger charge is -2.01. The second-order valence-corrected chi connectivity index (χ2v) is 4.67. The van der Waals surface area contributed by atoms with Crippen molar-refractivity contribution in [3.05, 3.63) is 52.2 Å². The van der Waals surface area contributed by atoms with Gasteiger partial charge in [-0.15, -0.1) is 11.3 Å². The van der Waals surface area contributed by atoms with E-state index in [9.17, 15) is 4.79 Å². The van der Waals surface area contributed by atoms with E-state index in [-0.39, 0.29) is 0 Å². The van der Waals surface area contributed by atoms with E-state index in [2.05, 4.69) is 4.85 Å². The van der Waals surface area contributed by atoms with E-state index >= 15 is 0 Å². The normalized spacial score (nSPS) is 9.88. The van der Waals surface area contributed by atoms with Gasteiger partial charge < -0.3 is 5.11 Å². The van der Waals surface area contributed by atoms with Crippen LogP contribution in [0.5, 0.6) is 0 Å². The zero-order valence-electron chi connectivity index (χ0n) is 9.10. The molecule has 0 unspecified atom stereocenters. The fourth-order valence-electron chi connectivity index (χ4n) is 1.49. The molecule has 0 saturated carbocycles. The fourth-order valence-corrected chi connectivity index (χ4v) is 2.33. The van der Waals surface area contributed by atoms with Crippen molar-refractivity contribution in [2.45, 2.75) is 6.92 Å². The lowest BCUT2D eigenvalue weighted by molar-refractivity contribution is 0.0702. The maximum Gasteiger partial charge on any atom is 0.345 e. The summed E-state index contributed by atoms with van der Waals surface area (Å²) in [5.41, 5.74) is 2.42. The number of benzene rings is 1. The van der Waals surface area contributed by atoms with Gasteiger partial charge in [-0.05, 0) is 36.2 Å². The van der Waals surface area contributed by atoms with E-state index in [1.165, 1.54) is 11.3 Å². The van der Waals surface area contributed by atoms with Gasteiger partial charge in [-0.3, -0.25) is 0 Å². The van der Waals surface area contributed by atoms with E-state index in [1.54, 1.807) is 18.2 Å². The van der Waals surface area contributed by atoms with Gasteiger partial charge >= 0.3 is 5.97 Å². The molecule has 0 fully saturated rings. The Hall–Kier alpha value is -2.12. The van der Waals surface area contributed by atoms with Gasteiger partial charge in [0.1, 0.15) is 4.88 Å². The summed E-state index contributed by atoms with van der Waals surface area (Å²) in [4.78, 5) is 15.4. The summed E-state index contributed by atoms with van der Waals surface area (Å²) < 4.78 is 0. The summed E-state index contributed by atoms with van der Waals surface area (Å²) in [6.07, 6.45) is 0. The second-order valence-electron chi connectivity index (χ2n) is 3.58. The predicted molar refractivity (Wildman–Crippen MR) is 67.7 cm³/mol. The van der Waals surface area contributed by atoms with E-state index in [0.717, 1.165) is 16.0 Å². The van der Waals surface area contributed by atoms with Gasteiger partial charge in [0.15, 0.2) is 5.69 Å². The van der Waals surface area contributed by atoms with Crippen LogP contribution in [0, 0.1) is 13.5 Å². The third-order valence-electron chi connectivity index (χ3n) is 2.43. The zero-order valence-corrected chi connectivity index (χ0v) is 9.91. The highest BCUT2D eigenvalue weighted by molar-refractivity contribution is 7.17. The molecule has 1 aromatic heterocycles. The molecule has 0 atom stereocenters. The highest BCUT2D eigenvalue weighted by Gasteiger charge is 2.09. The molecule has 17 heavy (non-hydrogen) atoms. The smallest absolute Gasteiger partial charge is 0.345 e. The molecule has 0 aliphatic carbocycles. The second kappa shape index (κ2) is 4.40. The van der Waals surface area contributed by atoms with Gasteiger partial charge in [0.05, 0.1) is 6.57 Å². The SMILES string of the molecule is [C-]#[N+]c1cc(-c2ccc(C(=O)O)s2)ccc1C. The maximum absolute atomic E-state index is 10.8. The number of hydrogen-bond donors (Lipinski definition) is 1. The van der Waals surface area contributed by atoms with Gasteiger partial charge in [-0.25, -0.2) is 9.64 Å². The molecule has 84 valence electrons. The van der Waals surface area contributed by atoms with Crippen LogP contribution in [0.25, 0.3) is 15.3 Å². The summed E-state index contributed by atoms with van der Waals surface area (Å²) in [5.74, 6) is -0.918. The predicted octanol–water partition coefficient (Wildman–Crippen LogP) is 3.97. The van der Waals surface area contributed by atoms with Gasteiger partial charge in [-0.1, -0.05) is 12.1 Å². The molecule has 0 spiro atoms. The molecule has 0 bridgehead atoms. The standard InChI is InChI=1S/C13H9NO2S/c1-8-3-4-9(7-10(8)14-2)11-5-6-12(17-11)13(15)16/h3-7H,1H3,(H,15,16). The third kappa shape index (κ3) is 2.19. The Balaban J connectivity index is 2.46. The van der Waals surface area contributed by atoms with Crippen LogP contribution in [0.1, 0.15) is 15.2 Å². The number of carboxylic acid groups (broad SMARTS) is 1. The Morgan fingerprint density at radius 1 is 1.35 bits per heavy atom. The number of thiophene rings is 1. The lowest BCUT2D eigenvalue weighted by atomic mass is 10.1. The molecular weight excluding hydrogens is 234 g/mol. The Bertz CT molecular complexity index is 623. The first-order valence-electron chi connectivity index (χ1n) is 4.93. The van der Waals surface area contributed by atoms with Crippen molar-refractivity contribution in [2.75, 3.05) is 0 Å². The summed E-state index contributed by atoms with van der Waals surface area (Å²) in [6.45, 7) is 8.93. The number of rotatable bonds is 2. The third-order valence-corrected chi connectivity index (χ3v) is 3.55. The Labute approximate surface area is 103 Å². The van der Waals surface area contributed by atoms with Crippen LogP contribution in [0.15, 0.2) is 30.3 Å². The summed E-state index contributed by atoms with van der Waals surface area (Å²) in [6, 6.07) is 8.93. The lowest BCUT2D eigenvalue weighted by Crippen LogP contribution is -1.89. The van der Waals surface area contributed by atoms with Gasteiger partial charge in [-0.2, -0.15) is 0 Å². The Morgan fingerprint density at radius 3 is 2.71 bits per heavy atom. The summed E-state index contributed by atoms with van der Waals surface area (Å²) in [5, 5.41) is 8.85.